The highest BCUT2D eigenvalue weighted by atomic mass is 16.5. The molecule has 0 spiro atoms. The fourth-order valence-corrected chi connectivity index (χ4v) is 5.54. The number of nitrogens with one attached hydrogen (secondary N) is 1. The lowest BCUT2D eigenvalue weighted by atomic mass is 9.71. The van der Waals surface area contributed by atoms with Crippen LogP contribution in [0.4, 0.5) is 4.79 Å². The second-order valence-corrected chi connectivity index (χ2v) is 9.86. The van der Waals surface area contributed by atoms with E-state index < -0.39 is 35.1 Å². The number of piperidine rings is 1. The zero-order valence-corrected chi connectivity index (χ0v) is 18.8. The highest BCUT2D eigenvalue weighted by molar-refractivity contribution is 5.79. The number of hydrogen-bond acceptors (Lipinski definition) is 4. The number of ether oxygens (including phenoxy) is 1. The number of amides is 1. The monoisotopic (exact) mass is 437 g/mol. The number of benzene rings is 2. The number of carboxylic acids is 1. The van der Waals surface area contributed by atoms with Crippen molar-refractivity contribution < 1.29 is 24.6 Å². The van der Waals surface area contributed by atoms with Crippen molar-refractivity contribution in [1.29, 1.82) is 0 Å². The fourth-order valence-electron chi connectivity index (χ4n) is 5.54. The molecule has 2 atom stereocenters. The molecule has 7 nitrogen and oxygen atoms in total. The van der Waals surface area contributed by atoms with Gasteiger partial charge in [-0.15, -0.1) is 10.3 Å². The second-order valence-electron chi connectivity index (χ2n) is 9.86. The van der Waals surface area contributed by atoms with Gasteiger partial charge in [0.25, 0.3) is 0 Å². The Morgan fingerprint density at radius 1 is 1.03 bits per heavy atom. The maximum Gasteiger partial charge on any atom is 0.407 e. The van der Waals surface area contributed by atoms with Gasteiger partial charge in [-0.25, -0.2) is 4.79 Å². The third kappa shape index (κ3) is 3.65. The zero-order chi connectivity index (χ0) is 23.3. The van der Waals surface area contributed by atoms with Crippen LogP contribution in [-0.2, 0) is 14.7 Å². The van der Waals surface area contributed by atoms with Gasteiger partial charge in [0.15, 0.2) is 0 Å². The molecule has 2 aliphatic rings. The van der Waals surface area contributed by atoms with Crippen molar-refractivity contribution in [3.63, 3.8) is 0 Å². The van der Waals surface area contributed by atoms with E-state index in [1.54, 1.807) is 27.7 Å². The van der Waals surface area contributed by atoms with E-state index in [4.69, 9.17) is 4.74 Å². The number of carboxylic acid groups (broad SMARTS) is 1. The van der Waals surface area contributed by atoms with Crippen LogP contribution in [0.3, 0.4) is 0 Å². The Labute approximate surface area is 188 Å². The molecule has 1 aliphatic heterocycles. The summed E-state index contributed by atoms with van der Waals surface area (Å²) in [4.78, 5) is 24.7. The minimum atomic E-state index is -1.19. The molecule has 0 saturated carbocycles. The first-order chi connectivity index (χ1) is 15.0. The first kappa shape index (κ1) is 22.3. The van der Waals surface area contributed by atoms with E-state index >= 15 is 0 Å². The molecule has 169 valence electrons. The maximum atomic E-state index is 12.8. The Balaban J connectivity index is 1.50. The Bertz CT molecular complexity index is 1000. The van der Waals surface area contributed by atoms with Gasteiger partial charge in [-0.2, -0.15) is 0 Å². The number of fused-ring (bicyclic) bond motifs is 3. The number of hydrogen-bond donors (Lipinski definition) is 2. The van der Waals surface area contributed by atoms with E-state index in [0.717, 1.165) is 27.3 Å². The van der Waals surface area contributed by atoms with Crippen LogP contribution in [0.5, 0.6) is 0 Å². The van der Waals surface area contributed by atoms with E-state index in [9.17, 15) is 19.9 Å². The Morgan fingerprint density at radius 2 is 1.56 bits per heavy atom. The number of hydroxylamine groups is 2. The van der Waals surface area contributed by atoms with Crippen molar-refractivity contribution in [2.75, 3.05) is 6.61 Å². The topological polar surface area (TPSA) is 98.8 Å². The fraction of sp³-hybridized carbons (Fsp3) is 0.440. The molecule has 4 rings (SSSR count). The minimum Gasteiger partial charge on any atom is -0.481 e. The first-order valence-electron chi connectivity index (χ1n) is 10.9. The summed E-state index contributed by atoms with van der Waals surface area (Å²) in [6.45, 7) is 6.86. The van der Waals surface area contributed by atoms with Gasteiger partial charge < -0.3 is 15.2 Å². The summed E-state index contributed by atoms with van der Waals surface area (Å²) < 4.78 is 5.60. The van der Waals surface area contributed by atoms with Gasteiger partial charge in [0, 0.05) is 17.5 Å². The molecule has 1 amide bonds. The highest BCUT2D eigenvalue weighted by Gasteiger charge is 2.56. The van der Waals surface area contributed by atoms with Gasteiger partial charge in [-0.3, -0.25) is 4.79 Å². The average molecular weight is 438 g/mol. The van der Waals surface area contributed by atoms with E-state index in [-0.39, 0.29) is 18.9 Å². The Kier molecular flexibility index (Phi) is 5.51. The number of carbonyl (C=O) groups is 2. The Morgan fingerprint density at radius 3 is 2.09 bits per heavy atom. The van der Waals surface area contributed by atoms with Crippen molar-refractivity contribution in [3.05, 3.63) is 59.7 Å². The molecule has 1 heterocycles. The molecule has 1 radical (unpaired) electrons. The summed E-state index contributed by atoms with van der Waals surface area (Å²) in [7, 11) is 0. The summed E-state index contributed by atoms with van der Waals surface area (Å²) >= 11 is 0. The van der Waals surface area contributed by atoms with Crippen molar-refractivity contribution in [2.45, 2.75) is 57.2 Å². The maximum absolute atomic E-state index is 12.8. The summed E-state index contributed by atoms with van der Waals surface area (Å²) in [6, 6.07) is 15.4. The van der Waals surface area contributed by atoms with Crippen LogP contribution in [0, 0.1) is 5.92 Å². The van der Waals surface area contributed by atoms with E-state index in [1.165, 1.54) is 0 Å². The molecule has 0 aromatic heterocycles. The molecule has 1 fully saturated rings. The number of alkyl carbamates (subject to hydrolysis) is 1. The van der Waals surface area contributed by atoms with Crippen LogP contribution in [0.15, 0.2) is 48.5 Å². The van der Waals surface area contributed by atoms with Crippen LogP contribution < -0.4 is 5.32 Å². The van der Waals surface area contributed by atoms with Gasteiger partial charge in [-0.05, 0) is 56.4 Å². The third-order valence-electron chi connectivity index (χ3n) is 6.87. The molecular weight excluding hydrogens is 408 g/mol. The molecule has 0 bridgehead atoms. The van der Waals surface area contributed by atoms with E-state index in [0.29, 0.717) is 0 Å². The lowest BCUT2D eigenvalue weighted by Crippen LogP contribution is -2.69. The van der Waals surface area contributed by atoms with Crippen molar-refractivity contribution in [1.82, 2.24) is 10.4 Å². The number of rotatable bonds is 4. The standard InChI is InChI=1S/C25H29N2O5/c1-24(2)13-20(21(22(28)29)25(3,4)27(24)31)26-23(30)32-14-19-17-11-7-5-9-15(17)16-10-6-8-12-18(16)19/h5-12,19-21H,13-14H2,1-4H3,(H,26,30)(H,28,29)/t20-,21-/m0/s1. The van der Waals surface area contributed by atoms with Crippen LogP contribution in [-0.4, -0.2) is 46.0 Å². The molecule has 32 heavy (non-hydrogen) atoms. The molecular formula is C25H29N2O5. The smallest absolute Gasteiger partial charge is 0.407 e. The molecule has 2 N–H and O–H groups in total. The van der Waals surface area contributed by atoms with E-state index in [2.05, 4.69) is 17.4 Å². The highest BCUT2D eigenvalue weighted by Crippen LogP contribution is 2.45. The molecule has 1 aliphatic carbocycles. The lowest BCUT2D eigenvalue weighted by molar-refractivity contribution is -0.303. The number of nitrogens with zero attached hydrogens (tertiary/aromatic N) is 1. The van der Waals surface area contributed by atoms with Gasteiger partial charge in [0.05, 0.1) is 11.5 Å². The predicted molar refractivity (Wildman–Crippen MR) is 118 cm³/mol. The van der Waals surface area contributed by atoms with Crippen molar-refractivity contribution in [2.24, 2.45) is 5.92 Å². The first-order valence-corrected chi connectivity index (χ1v) is 10.9. The normalized spacial score (nSPS) is 23.8. The second kappa shape index (κ2) is 7.90. The van der Waals surface area contributed by atoms with Gasteiger partial charge in [0.2, 0.25) is 0 Å². The third-order valence-corrected chi connectivity index (χ3v) is 6.87. The summed E-state index contributed by atoms with van der Waals surface area (Å²) in [5, 5.41) is 26.2. The Hall–Kier alpha value is -2.90. The summed E-state index contributed by atoms with van der Waals surface area (Å²) in [5.41, 5.74) is 2.47. The van der Waals surface area contributed by atoms with Gasteiger partial charge >= 0.3 is 12.1 Å². The number of aliphatic carboxylic acids is 1. The van der Waals surface area contributed by atoms with Gasteiger partial charge in [-0.1, -0.05) is 48.5 Å². The summed E-state index contributed by atoms with van der Waals surface area (Å²) in [6.07, 6.45) is -0.463. The molecule has 0 unspecified atom stereocenters. The predicted octanol–water partition coefficient (Wildman–Crippen LogP) is 4.20. The largest absolute Gasteiger partial charge is 0.481 e. The van der Waals surface area contributed by atoms with Crippen molar-refractivity contribution >= 4 is 12.1 Å². The molecule has 2 aromatic rings. The molecule has 2 aromatic carbocycles. The van der Waals surface area contributed by atoms with Crippen LogP contribution in [0.25, 0.3) is 11.1 Å². The van der Waals surface area contributed by atoms with Crippen LogP contribution >= 0.6 is 0 Å². The zero-order valence-electron chi connectivity index (χ0n) is 18.8. The van der Waals surface area contributed by atoms with E-state index in [1.807, 2.05) is 36.4 Å². The lowest BCUT2D eigenvalue weighted by Gasteiger charge is -2.53. The quantitative estimate of drug-likeness (QED) is 0.747. The van der Waals surface area contributed by atoms with Gasteiger partial charge in [0.1, 0.15) is 6.61 Å². The minimum absolute atomic E-state index is 0.0835. The van der Waals surface area contributed by atoms with Crippen LogP contribution in [0.1, 0.15) is 51.2 Å². The van der Waals surface area contributed by atoms with Crippen molar-refractivity contribution in [3.8, 4) is 11.1 Å². The molecule has 1 saturated heterocycles. The SMILES string of the molecule is CC1(C)C[C@H](NC(=O)OCC2c3ccccc3-c3ccccc32)[C@@H](C(=O)O)C(C)(C)N1[O]. The molecule has 7 heteroatoms. The summed E-state index contributed by atoms with van der Waals surface area (Å²) in [5.74, 6) is -2.26. The average Bonchev–Trinajstić information content (AvgIpc) is 3.04. The number of carbonyl (C=O) groups excluding carboxylic acids is 1. The van der Waals surface area contributed by atoms with Crippen LogP contribution in [0.2, 0.25) is 0 Å².